The Morgan fingerprint density at radius 3 is 2.33 bits per heavy atom. The largest absolute Gasteiger partial charge is 0.325 e. The average Bonchev–Trinajstić information content (AvgIpc) is 2.86. The molecular weight excluding hydrogens is 342 g/mol. The van der Waals surface area contributed by atoms with Crippen molar-refractivity contribution in [2.45, 2.75) is 38.6 Å². The summed E-state index contributed by atoms with van der Waals surface area (Å²) in [6.45, 7) is 7.57. The second kappa shape index (κ2) is 6.61. The van der Waals surface area contributed by atoms with Gasteiger partial charge in [-0.1, -0.05) is 51.1 Å². The number of rotatable bonds is 4. The Morgan fingerprint density at radius 1 is 1.11 bits per heavy atom. The minimum Gasteiger partial charge on any atom is -0.318 e. The van der Waals surface area contributed by atoms with Crippen molar-refractivity contribution in [1.82, 2.24) is 15.2 Å². The van der Waals surface area contributed by atoms with E-state index >= 15 is 0 Å². The number of carbonyl (C=O) groups is 3. The van der Waals surface area contributed by atoms with Gasteiger partial charge in [-0.15, -0.1) is 0 Å². The van der Waals surface area contributed by atoms with E-state index in [4.69, 9.17) is 0 Å². The SMILES string of the molecule is CC(C)(C)c1ccc(C(=O)CN2C(=O)N[C@](C)(c3ccccn3)C2=O)cc1. The third-order valence-electron chi connectivity index (χ3n) is 4.83. The van der Waals surface area contributed by atoms with Gasteiger partial charge in [0.15, 0.2) is 11.3 Å². The highest BCUT2D eigenvalue weighted by molar-refractivity contribution is 6.11. The second-order valence-electron chi connectivity index (χ2n) is 7.91. The number of carbonyl (C=O) groups excluding carboxylic acids is 3. The van der Waals surface area contributed by atoms with Gasteiger partial charge in [0.05, 0.1) is 12.2 Å². The van der Waals surface area contributed by atoms with Crippen LogP contribution in [0.15, 0.2) is 48.7 Å². The molecule has 0 saturated carbocycles. The van der Waals surface area contributed by atoms with E-state index in [0.717, 1.165) is 10.5 Å². The molecule has 140 valence electrons. The smallest absolute Gasteiger partial charge is 0.318 e. The molecular formula is C21H23N3O3. The lowest BCUT2D eigenvalue weighted by atomic mass is 9.86. The van der Waals surface area contributed by atoms with Crippen LogP contribution in [-0.2, 0) is 15.7 Å². The van der Waals surface area contributed by atoms with Gasteiger partial charge in [0.25, 0.3) is 5.91 Å². The van der Waals surface area contributed by atoms with Crippen LogP contribution < -0.4 is 5.32 Å². The van der Waals surface area contributed by atoms with E-state index < -0.39 is 17.5 Å². The quantitative estimate of drug-likeness (QED) is 0.667. The molecule has 27 heavy (non-hydrogen) atoms. The van der Waals surface area contributed by atoms with Crippen molar-refractivity contribution in [1.29, 1.82) is 0 Å². The lowest BCUT2D eigenvalue weighted by Gasteiger charge is -2.21. The predicted molar refractivity (Wildman–Crippen MR) is 101 cm³/mol. The normalized spacial score (nSPS) is 19.9. The van der Waals surface area contributed by atoms with Crippen LogP contribution in [0.5, 0.6) is 0 Å². The highest BCUT2D eigenvalue weighted by atomic mass is 16.2. The number of Topliss-reactive ketones (excluding diaryl/α,β-unsaturated/α-hetero) is 1. The molecule has 6 heteroatoms. The Hall–Kier alpha value is -3.02. The van der Waals surface area contributed by atoms with Crippen LogP contribution in [-0.4, -0.2) is 34.2 Å². The van der Waals surface area contributed by atoms with E-state index in [1.54, 1.807) is 43.5 Å². The van der Waals surface area contributed by atoms with Crippen LogP contribution in [0.2, 0.25) is 0 Å². The Balaban J connectivity index is 1.78. The first-order chi connectivity index (χ1) is 12.6. The number of aromatic nitrogens is 1. The minimum atomic E-state index is -1.27. The zero-order chi connectivity index (χ0) is 19.8. The van der Waals surface area contributed by atoms with Gasteiger partial charge in [-0.3, -0.25) is 19.5 Å². The van der Waals surface area contributed by atoms with Crippen molar-refractivity contribution in [2.24, 2.45) is 0 Å². The molecule has 1 aromatic heterocycles. The maximum atomic E-state index is 12.8. The molecule has 0 radical (unpaired) electrons. The maximum absolute atomic E-state index is 12.8. The van der Waals surface area contributed by atoms with Gasteiger partial charge in [0.2, 0.25) is 0 Å². The molecule has 6 nitrogen and oxygen atoms in total. The zero-order valence-corrected chi connectivity index (χ0v) is 15.9. The van der Waals surface area contributed by atoms with Crippen molar-refractivity contribution < 1.29 is 14.4 Å². The number of benzene rings is 1. The van der Waals surface area contributed by atoms with E-state index in [2.05, 4.69) is 31.1 Å². The van der Waals surface area contributed by atoms with Gasteiger partial charge in [-0.05, 0) is 30.0 Å². The second-order valence-corrected chi connectivity index (χ2v) is 7.91. The van der Waals surface area contributed by atoms with Gasteiger partial charge >= 0.3 is 6.03 Å². The van der Waals surface area contributed by atoms with E-state index in [1.165, 1.54) is 0 Å². The number of pyridine rings is 1. The third kappa shape index (κ3) is 3.47. The van der Waals surface area contributed by atoms with Crippen molar-refractivity contribution in [2.75, 3.05) is 6.54 Å². The summed E-state index contributed by atoms with van der Waals surface area (Å²) in [6.07, 6.45) is 1.56. The number of imide groups is 1. The molecule has 3 rings (SSSR count). The van der Waals surface area contributed by atoms with E-state index in [-0.39, 0.29) is 17.7 Å². The van der Waals surface area contributed by atoms with Crippen LogP contribution in [0, 0.1) is 0 Å². The summed E-state index contributed by atoms with van der Waals surface area (Å²) >= 11 is 0. The fourth-order valence-corrected chi connectivity index (χ4v) is 3.06. The van der Waals surface area contributed by atoms with Crippen LogP contribution in [0.1, 0.15) is 49.3 Å². The number of nitrogens with zero attached hydrogens (tertiary/aromatic N) is 2. The molecule has 0 spiro atoms. The minimum absolute atomic E-state index is 0.0170. The lowest BCUT2D eigenvalue weighted by Crippen LogP contribution is -2.42. The molecule has 3 amide bonds. The van der Waals surface area contributed by atoms with Crippen LogP contribution in [0.25, 0.3) is 0 Å². The number of nitrogens with one attached hydrogen (secondary N) is 1. The Bertz CT molecular complexity index is 885. The monoisotopic (exact) mass is 365 g/mol. The molecule has 0 unspecified atom stereocenters. The summed E-state index contributed by atoms with van der Waals surface area (Å²) in [5.74, 6) is -0.768. The summed E-state index contributed by atoms with van der Waals surface area (Å²) in [4.78, 5) is 42.9. The summed E-state index contributed by atoms with van der Waals surface area (Å²) in [6, 6.07) is 11.8. The first-order valence-electron chi connectivity index (χ1n) is 8.82. The van der Waals surface area contributed by atoms with Gasteiger partial charge in [-0.25, -0.2) is 4.79 Å². The standard InChI is InChI=1S/C21H23N3O3/c1-20(2,3)15-10-8-14(9-11-15)16(25)13-24-18(26)21(4,23-19(24)27)17-7-5-6-12-22-17/h5-12H,13H2,1-4H3,(H,23,27)/t21-/m1/s1. The lowest BCUT2D eigenvalue weighted by molar-refractivity contribution is -0.130. The molecule has 1 aromatic carbocycles. The number of amides is 3. The first-order valence-corrected chi connectivity index (χ1v) is 8.82. The molecule has 1 aliphatic rings. The predicted octanol–water partition coefficient (Wildman–Crippen LogP) is 3.03. The topological polar surface area (TPSA) is 79.4 Å². The summed E-state index contributed by atoms with van der Waals surface area (Å²) in [5.41, 5.74) is 0.727. The summed E-state index contributed by atoms with van der Waals surface area (Å²) in [5, 5.41) is 2.65. The highest BCUT2D eigenvalue weighted by Crippen LogP contribution is 2.27. The fraction of sp³-hybridized carbons (Fsp3) is 0.333. The van der Waals surface area contributed by atoms with E-state index in [0.29, 0.717) is 11.3 Å². The van der Waals surface area contributed by atoms with Gasteiger partial charge in [-0.2, -0.15) is 0 Å². The molecule has 0 aliphatic carbocycles. The number of hydrogen-bond acceptors (Lipinski definition) is 4. The summed E-state index contributed by atoms with van der Waals surface area (Å²) < 4.78 is 0. The zero-order valence-electron chi connectivity index (χ0n) is 15.9. The van der Waals surface area contributed by atoms with E-state index in [1.807, 2.05) is 12.1 Å². The molecule has 2 aromatic rings. The molecule has 1 saturated heterocycles. The Morgan fingerprint density at radius 2 is 1.78 bits per heavy atom. The average molecular weight is 365 g/mol. The Kier molecular flexibility index (Phi) is 4.59. The van der Waals surface area contributed by atoms with Crippen LogP contribution in [0.3, 0.4) is 0 Å². The van der Waals surface area contributed by atoms with Gasteiger partial charge < -0.3 is 5.32 Å². The fourth-order valence-electron chi connectivity index (χ4n) is 3.06. The Labute approximate surface area is 158 Å². The summed E-state index contributed by atoms with van der Waals surface area (Å²) in [7, 11) is 0. The highest BCUT2D eigenvalue weighted by Gasteiger charge is 2.50. The van der Waals surface area contributed by atoms with Crippen LogP contribution >= 0.6 is 0 Å². The maximum Gasteiger partial charge on any atom is 0.325 e. The molecule has 1 fully saturated rings. The molecule has 1 N–H and O–H groups in total. The number of hydrogen-bond donors (Lipinski definition) is 1. The van der Waals surface area contributed by atoms with Crippen molar-refractivity contribution >= 4 is 17.7 Å². The number of urea groups is 1. The first kappa shape index (κ1) is 18.8. The van der Waals surface area contributed by atoms with Crippen molar-refractivity contribution in [3.8, 4) is 0 Å². The van der Waals surface area contributed by atoms with Crippen molar-refractivity contribution in [3.05, 3.63) is 65.5 Å². The molecule has 2 heterocycles. The third-order valence-corrected chi connectivity index (χ3v) is 4.83. The number of ketones is 1. The van der Waals surface area contributed by atoms with Crippen LogP contribution in [0.4, 0.5) is 4.79 Å². The molecule has 1 aliphatic heterocycles. The van der Waals surface area contributed by atoms with Gasteiger partial charge in [0, 0.05) is 11.8 Å². The molecule has 0 bridgehead atoms. The van der Waals surface area contributed by atoms with Gasteiger partial charge in [0.1, 0.15) is 0 Å². The molecule has 1 atom stereocenters. The van der Waals surface area contributed by atoms with Crippen molar-refractivity contribution in [3.63, 3.8) is 0 Å². The van der Waals surface area contributed by atoms with E-state index in [9.17, 15) is 14.4 Å².